The normalized spacial score (nSPS) is 12.3. The van der Waals surface area contributed by atoms with Crippen LogP contribution in [-0.2, 0) is 6.42 Å². The summed E-state index contributed by atoms with van der Waals surface area (Å²) in [6, 6.07) is 18.1. The van der Waals surface area contributed by atoms with Crippen LogP contribution in [0.1, 0.15) is 48.1 Å². The Hall–Kier alpha value is -1.60. The van der Waals surface area contributed by atoms with Crippen LogP contribution in [0.2, 0.25) is 0 Å². The SMILES string of the molecule is CCCNC(CCc1cc(C)cc(C)c1)c1ccccc1. The first-order valence-corrected chi connectivity index (χ1v) is 8.04. The summed E-state index contributed by atoms with van der Waals surface area (Å²) in [5, 5.41) is 3.69. The van der Waals surface area contributed by atoms with Crippen LogP contribution in [0.3, 0.4) is 0 Å². The molecule has 0 fully saturated rings. The van der Waals surface area contributed by atoms with Crippen molar-refractivity contribution in [3.05, 3.63) is 70.8 Å². The highest BCUT2D eigenvalue weighted by Gasteiger charge is 2.10. The minimum atomic E-state index is 0.451. The highest BCUT2D eigenvalue weighted by molar-refractivity contribution is 5.29. The van der Waals surface area contributed by atoms with E-state index < -0.39 is 0 Å². The van der Waals surface area contributed by atoms with Crippen molar-refractivity contribution in [2.24, 2.45) is 0 Å². The fourth-order valence-electron chi connectivity index (χ4n) is 2.91. The third-order valence-corrected chi connectivity index (χ3v) is 3.85. The largest absolute Gasteiger partial charge is 0.310 e. The van der Waals surface area contributed by atoms with Gasteiger partial charge in [-0.3, -0.25) is 0 Å². The average Bonchev–Trinajstić information content (AvgIpc) is 2.47. The van der Waals surface area contributed by atoms with E-state index in [0.29, 0.717) is 6.04 Å². The van der Waals surface area contributed by atoms with Gasteiger partial charge in [0.1, 0.15) is 0 Å². The molecule has 1 atom stereocenters. The van der Waals surface area contributed by atoms with Crippen LogP contribution in [0.5, 0.6) is 0 Å². The minimum absolute atomic E-state index is 0.451. The predicted octanol–water partition coefficient (Wildman–Crippen LogP) is 4.98. The first-order chi connectivity index (χ1) is 10.2. The smallest absolute Gasteiger partial charge is 0.0323 e. The molecule has 0 heterocycles. The second-order valence-corrected chi connectivity index (χ2v) is 5.95. The van der Waals surface area contributed by atoms with E-state index in [2.05, 4.69) is 74.6 Å². The monoisotopic (exact) mass is 281 g/mol. The number of nitrogens with one attached hydrogen (secondary N) is 1. The molecular weight excluding hydrogens is 254 g/mol. The molecule has 1 heteroatoms. The van der Waals surface area contributed by atoms with Gasteiger partial charge in [0.25, 0.3) is 0 Å². The zero-order valence-electron chi connectivity index (χ0n) is 13.5. The van der Waals surface area contributed by atoms with Crippen LogP contribution in [0.4, 0.5) is 0 Å². The number of rotatable bonds is 7. The molecule has 0 bridgehead atoms. The lowest BCUT2D eigenvalue weighted by Crippen LogP contribution is -2.22. The van der Waals surface area contributed by atoms with E-state index in [1.807, 2.05) is 0 Å². The van der Waals surface area contributed by atoms with Crippen molar-refractivity contribution in [2.75, 3.05) is 6.54 Å². The van der Waals surface area contributed by atoms with Crippen molar-refractivity contribution >= 4 is 0 Å². The molecule has 1 unspecified atom stereocenters. The predicted molar refractivity (Wildman–Crippen MR) is 91.7 cm³/mol. The summed E-state index contributed by atoms with van der Waals surface area (Å²) >= 11 is 0. The Morgan fingerprint density at radius 3 is 2.24 bits per heavy atom. The second-order valence-electron chi connectivity index (χ2n) is 5.95. The van der Waals surface area contributed by atoms with E-state index in [-0.39, 0.29) is 0 Å². The molecule has 2 aromatic rings. The second kappa shape index (κ2) is 7.99. The van der Waals surface area contributed by atoms with Crippen molar-refractivity contribution in [2.45, 2.75) is 46.1 Å². The lowest BCUT2D eigenvalue weighted by atomic mass is 9.97. The van der Waals surface area contributed by atoms with Crippen molar-refractivity contribution < 1.29 is 0 Å². The van der Waals surface area contributed by atoms with E-state index in [0.717, 1.165) is 19.4 Å². The quantitative estimate of drug-likeness (QED) is 0.755. The highest BCUT2D eigenvalue weighted by atomic mass is 14.9. The van der Waals surface area contributed by atoms with Crippen LogP contribution < -0.4 is 5.32 Å². The van der Waals surface area contributed by atoms with E-state index in [1.165, 1.54) is 28.7 Å². The summed E-state index contributed by atoms with van der Waals surface area (Å²) < 4.78 is 0. The van der Waals surface area contributed by atoms with Gasteiger partial charge in [0.15, 0.2) is 0 Å². The van der Waals surface area contributed by atoms with Gasteiger partial charge < -0.3 is 5.32 Å². The molecule has 0 spiro atoms. The van der Waals surface area contributed by atoms with Crippen molar-refractivity contribution in [1.82, 2.24) is 5.32 Å². The molecular formula is C20H27N. The summed E-state index contributed by atoms with van der Waals surface area (Å²) in [7, 11) is 0. The van der Waals surface area contributed by atoms with Gasteiger partial charge in [-0.05, 0) is 50.8 Å². The zero-order valence-corrected chi connectivity index (χ0v) is 13.5. The molecule has 0 radical (unpaired) electrons. The Kier molecular flexibility index (Phi) is 6.01. The van der Waals surface area contributed by atoms with Crippen molar-refractivity contribution in [3.8, 4) is 0 Å². The van der Waals surface area contributed by atoms with Gasteiger partial charge in [0.2, 0.25) is 0 Å². The molecule has 112 valence electrons. The molecule has 21 heavy (non-hydrogen) atoms. The standard InChI is InChI=1S/C20H27N/c1-4-12-21-20(19-8-6-5-7-9-19)11-10-18-14-16(2)13-17(3)15-18/h5-9,13-15,20-21H,4,10-12H2,1-3H3. The topological polar surface area (TPSA) is 12.0 Å². The molecule has 0 amide bonds. The number of hydrogen-bond acceptors (Lipinski definition) is 1. The third kappa shape index (κ3) is 5.02. The fraction of sp³-hybridized carbons (Fsp3) is 0.400. The summed E-state index contributed by atoms with van der Waals surface area (Å²) in [5.41, 5.74) is 5.58. The molecule has 0 aliphatic rings. The molecule has 1 N–H and O–H groups in total. The van der Waals surface area contributed by atoms with Gasteiger partial charge in [-0.1, -0.05) is 66.6 Å². The molecule has 0 aliphatic heterocycles. The summed E-state index contributed by atoms with van der Waals surface area (Å²) in [4.78, 5) is 0. The summed E-state index contributed by atoms with van der Waals surface area (Å²) in [6.45, 7) is 7.66. The number of aryl methyl sites for hydroxylation is 3. The zero-order chi connectivity index (χ0) is 15.1. The average molecular weight is 281 g/mol. The molecule has 0 saturated carbocycles. The van der Waals surface area contributed by atoms with Crippen LogP contribution in [0, 0.1) is 13.8 Å². The van der Waals surface area contributed by atoms with Crippen LogP contribution in [-0.4, -0.2) is 6.54 Å². The van der Waals surface area contributed by atoms with Gasteiger partial charge >= 0.3 is 0 Å². The van der Waals surface area contributed by atoms with E-state index >= 15 is 0 Å². The van der Waals surface area contributed by atoms with Crippen molar-refractivity contribution in [1.29, 1.82) is 0 Å². The van der Waals surface area contributed by atoms with Gasteiger partial charge in [-0.2, -0.15) is 0 Å². The maximum atomic E-state index is 3.69. The summed E-state index contributed by atoms with van der Waals surface area (Å²) in [6.07, 6.45) is 3.44. The highest BCUT2D eigenvalue weighted by Crippen LogP contribution is 2.20. The van der Waals surface area contributed by atoms with Gasteiger partial charge in [0.05, 0.1) is 0 Å². The molecule has 0 aliphatic carbocycles. The number of hydrogen-bond donors (Lipinski definition) is 1. The lowest BCUT2D eigenvalue weighted by molar-refractivity contribution is 0.499. The van der Waals surface area contributed by atoms with Gasteiger partial charge in [-0.25, -0.2) is 0 Å². The van der Waals surface area contributed by atoms with E-state index in [1.54, 1.807) is 0 Å². The Labute approximate surface area is 129 Å². The Morgan fingerprint density at radius 2 is 1.62 bits per heavy atom. The van der Waals surface area contributed by atoms with Crippen LogP contribution >= 0.6 is 0 Å². The van der Waals surface area contributed by atoms with Gasteiger partial charge in [-0.15, -0.1) is 0 Å². The maximum absolute atomic E-state index is 3.69. The Balaban J connectivity index is 2.05. The van der Waals surface area contributed by atoms with E-state index in [4.69, 9.17) is 0 Å². The molecule has 0 aromatic heterocycles. The van der Waals surface area contributed by atoms with Crippen molar-refractivity contribution in [3.63, 3.8) is 0 Å². The van der Waals surface area contributed by atoms with Crippen LogP contribution in [0.15, 0.2) is 48.5 Å². The summed E-state index contributed by atoms with van der Waals surface area (Å²) in [5.74, 6) is 0. The molecule has 0 saturated heterocycles. The number of benzene rings is 2. The lowest BCUT2D eigenvalue weighted by Gasteiger charge is -2.19. The molecule has 2 rings (SSSR count). The Morgan fingerprint density at radius 1 is 0.952 bits per heavy atom. The van der Waals surface area contributed by atoms with Crippen LogP contribution in [0.25, 0.3) is 0 Å². The molecule has 1 nitrogen and oxygen atoms in total. The fourth-order valence-corrected chi connectivity index (χ4v) is 2.91. The Bertz CT molecular complexity index is 525. The molecule has 2 aromatic carbocycles. The first-order valence-electron chi connectivity index (χ1n) is 8.04. The van der Waals surface area contributed by atoms with Gasteiger partial charge in [0, 0.05) is 6.04 Å². The minimum Gasteiger partial charge on any atom is -0.310 e. The van der Waals surface area contributed by atoms with E-state index in [9.17, 15) is 0 Å². The first kappa shape index (κ1) is 15.8. The maximum Gasteiger partial charge on any atom is 0.0323 e. The third-order valence-electron chi connectivity index (χ3n) is 3.85.